The zero-order valence-corrected chi connectivity index (χ0v) is 15.4. The number of ether oxygens (including phenoxy) is 2. The van der Waals surface area contributed by atoms with E-state index in [1.165, 1.54) is 13.2 Å². The summed E-state index contributed by atoms with van der Waals surface area (Å²) in [5, 5.41) is 6.53. The Bertz CT molecular complexity index is 796. The number of amides is 2. The van der Waals surface area contributed by atoms with Crippen LogP contribution in [-0.4, -0.2) is 55.2 Å². The van der Waals surface area contributed by atoms with Crippen LogP contribution in [0, 0.1) is 0 Å². The van der Waals surface area contributed by atoms with Crippen molar-refractivity contribution in [1.82, 2.24) is 15.4 Å². The maximum atomic E-state index is 12.6. The standard InChI is InChI=1S/C19H23N3O5/c1-25-15-6-4-3-5-13(15)11-18(23)22-9-7-14(8-10-22)20-19(24)16-12-17(26-2)21-27-16/h3-6,12,14H,7-11H2,1-2H3,(H,20,24). The zero-order chi connectivity index (χ0) is 19.2. The number of carbonyl (C=O) groups excluding carboxylic acids is 2. The van der Waals surface area contributed by atoms with Crippen LogP contribution in [0.4, 0.5) is 0 Å². The van der Waals surface area contributed by atoms with E-state index in [9.17, 15) is 9.59 Å². The van der Waals surface area contributed by atoms with E-state index in [1.807, 2.05) is 29.2 Å². The van der Waals surface area contributed by atoms with Crippen molar-refractivity contribution in [2.75, 3.05) is 27.3 Å². The Labute approximate surface area is 157 Å². The van der Waals surface area contributed by atoms with E-state index in [2.05, 4.69) is 10.5 Å². The molecule has 2 aromatic rings. The Morgan fingerprint density at radius 1 is 1.22 bits per heavy atom. The maximum absolute atomic E-state index is 12.6. The lowest BCUT2D eigenvalue weighted by atomic mass is 10.0. The molecule has 2 heterocycles. The predicted molar refractivity (Wildman–Crippen MR) is 96.8 cm³/mol. The lowest BCUT2D eigenvalue weighted by Crippen LogP contribution is -2.46. The lowest BCUT2D eigenvalue weighted by molar-refractivity contribution is -0.131. The Balaban J connectivity index is 1.49. The second kappa shape index (κ2) is 8.57. The van der Waals surface area contributed by atoms with E-state index in [-0.39, 0.29) is 29.5 Å². The first-order valence-corrected chi connectivity index (χ1v) is 8.82. The second-order valence-electron chi connectivity index (χ2n) is 6.35. The summed E-state index contributed by atoms with van der Waals surface area (Å²) in [4.78, 5) is 26.6. The smallest absolute Gasteiger partial charge is 0.290 e. The monoisotopic (exact) mass is 373 g/mol. The Kier molecular flexibility index (Phi) is 5.95. The van der Waals surface area contributed by atoms with Gasteiger partial charge in [-0.05, 0) is 24.1 Å². The van der Waals surface area contributed by atoms with Gasteiger partial charge in [-0.1, -0.05) is 18.2 Å². The molecule has 0 aliphatic carbocycles. The number of aromatic nitrogens is 1. The summed E-state index contributed by atoms with van der Waals surface area (Å²) in [6, 6.07) is 8.96. The molecule has 27 heavy (non-hydrogen) atoms. The molecule has 0 spiro atoms. The Morgan fingerprint density at radius 2 is 1.96 bits per heavy atom. The van der Waals surface area contributed by atoms with Crippen molar-refractivity contribution in [3.05, 3.63) is 41.7 Å². The summed E-state index contributed by atoms with van der Waals surface area (Å²) < 4.78 is 15.2. The molecule has 0 unspecified atom stereocenters. The molecule has 0 radical (unpaired) electrons. The summed E-state index contributed by atoms with van der Waals surface area (Å²) in [5.74, 6) is 0.822. The van der Waals surface area contributed by atoms with E-state index in [0.717, 1.165) is 11.3 Å². The minimum absolute atomic E-state index is 0.0103. The van der Waals surface area contributed by atoms with Gasteiger partial charge in [-0.15, -0.1) is 0 Å². The molecule has 1 aromatic carbocycles. The first-order valence-electron chi connectivity index (χ1n) is 8.82. The van der Waals surface area contributed by atoms with Gasteiger partial charge in [0.05, 0.1) is 26.7 Å². The molecule has 1 N–H and O–H groups in total. The number of likely N-dealkylation sites (tertiary alicyclic amines) is 1. The molecule has 1 fully saturated rings. The largest absolute Gasteiger partial charge is 0.496 e. The molecule has 0 bridgehead atoms. The third-order valence-corrected chi connectivity index (χ3v) is 4.64. The van der Waals surface area contributed by atoms with Gasteiger partial charge in [-0.2, -0.15) is 0 Å². The Morgan fingerprint density at radius 3 is 2.63 bits per heavy atom. The third kappa shape index (κ3) is 4.58. The number of benzene rings is 1. The van der Waals surface area contributed by atoms with Crippen LogP contribution >= 0.6 is 0 Å². The summed E-state index contributed by atoms with van der Waals surface area (Å²) in [6.45, 7) is 1.19. The van der Waals surface area contributed by atoms with E-state index in [1.54, 1.807) is 7.11 Å². The number of nitrogens with one attached hydrogen (secondary N) is 1. The Hall–Kier alpha value is -3.03. The summed E-state index contributed by atoms with van der Waals surface area (Å²) >= 11 is 0. The topological polar surface area (TPSA) is 93.9 Å². The average molecular weight is 373 g/mol. The number of hydrogen-bond acceptors (Lipinski definition) is 6. The molecule has 0 atom stereocenters. The minimum Gasteiger partial charge on any atom is -0.496 e. The van der Waals surface area contributed by atoms with Crippen LogP contribution in [0.3, 0.4) is 0 Å². The van der Waals surface area contributed by atoms with Gasteiger partial charge < -0.3 is 24.2 Å². The van der Waals surface area contributed by atoms with Gasteiger partial charge >= 0.3 is 0 Å². The van der Waals surface area contributed by atoms with Crippen molar-refractivity contribution >= 4 is 11.8 Å². The minimum atomic E-state index is -0.329. The first-order chi connectivity index (χ1) is 13.1. The number of nitrogens with zero attached hydrogens (tertiary/aromatic N) is 2. The predicted octanol–water partition coefficient (Wildman–Crippen LogP) is 1.66. The van der Waals surface area contributed by atoms with Gasteiger partial charge in [0, 0.05) is 24.7 Å². The van der Waals surface area contributed by atoms with Gasteiger partial charge in [-0.25, -0.2) is 0 Å². The highest BCUT2D eigenvalue weighted by molar-refractivity contribution is 5.91. The van der Waals surface area contributed by atoms with Crippen molar-refractivity contribution in [1.29, 1.82) is 0 Å². The van der Waals surface area contributed by atoms with Gasteiger partial charge in [-0.3, -0.25) is 9.59 Å². The highest BCUT2D eigenvalue weighted by Gasteiger charge is 2.25. The molecule has 8 nitrogen and oxygen atoms in total. The number of hydrogen-bond donors (Lipinski definition) is 1. The highest BCUT2D eigenvalue weighted by Crippen LogP contribution is 2.20. The summed E-state index contributed by atoms with van der Waals surface area (Å²) in [5.41, 5.74) is 0.875. The molecular formula is C19H23N3O5. The van der Waals surface area contributed by atoms with Crippen LogP contribution < -0.4 is 14.8 Å². The molecule has 1 aromatic heterocycles. The molecule has 144 valence electrons. The quantitative estimate of drug-likeness (QED) is 0.828. The molecule has 0 saturated carbocycles. The van der Waals surface area contributed by atoms with Crippen LogP contribution in [0.25, 0.3) is 0 Å². The second-order valence-corrected chi connectivity index (χ2v) is 6.35. The van der Waals surface area contributed by atoms with Crippen molar-refractivity contribution in [3.8, 4) is 11.6 Å². The van der Waals surface area contributed by atoms with Crippen molar-refractivity contribution in [3.63, 3.8) is 0 Å². The van der Waals surface area contributed by atoms with Crippen molar-refractivity contribution < 1.29 is 23.6 Å². The summed E-state index contributed by atoms with van der Waals surface area (Å²) in [7, 11) is 3.05. The fraction of sp³-hybridized carbons (Fsp3) is 0.421. The van der Waals surface area contributed by atoms with Gasteiger partial charge in [0.25, 0.3) is 11.8 Å². The fourth-order valence-electron chi connectivity index (χ4n) is 3.12. The maximum Gasteiger partial charge on any atom is 0.290 e. The van der Waals surface area contributed by atoms with E-state index < -0.39 is 0 Å². The van der Waals surface area contributed by atoms with Gasteiger partial charge in [0.1, 0.15) is 5.75 Å². The molecule has 1 aliphatic heterocycles. The van der Waals surface area contributed by atoms with E-state index >= 15 is 0 Å². The van der Waals surface area contributed by atoms with Crippen LogP contribution in [0.1, 0.15) is 29.0 Å². The van der Waals surface area contributed by atoms with Crippen LogP contribution in [0.2, 0.25) is 0 Å². The van der Waals surface area contributed by atoms with E-state index in [4.69, 9.17) is 14.0 Å². The average Bonchev–Trinajstić information content (AvgIpc) is 3.18. The van der Waals surface area contributed by atoms with Crippen molar-refractivity contribution in [2.24, 2.45) is 0 Å². The molecule has 1 saturated heterocycles. The molecule has 8 heteroatoms. The zero-order valence-electron chi connectivity index (χ0n) is 15.4. The SMILES string of the molecule is COc1cc(C(=O)NC2CCN(C(=O)Cc3ccccc3OC)CC2)on1. The number of carbonyl (C=O) groups is 2. The normalized spacial score (nSPS) is 14.7. The van der Waals surface area contributed by atoms with Gasteiger partial charge in [0.2, 0.25) is 11.7 Å². The van der Waals surface area contributed by atoms with Crippen LogP contribution in [0.5, 0.6) is 11.6 Å². The van der Waals surface area contributed by atoms with Crippen LogP contribution in [0.15, 0.2) is 34.9 Å². The number of rotatable bonds is 6. The number of methoxy groups -OCH3 is 2. The molecule has 3 rings (SSSR count). The molecule has 1 aliphatic rings. The highest BCUT2D eigenvalue weighted by atomic mass is 16.5. The van der Waals surface area contributed by atoms with Crippen molar-refractivity contribution in [2.45, 2.75) is 25.3 Å². The number of piperidine rings is 1. The lowest BCUT2D eigenvalue weighted by Gasteiger charge is -2.32. The first kappa shape index (κ1) is 18.8. The summed E-state index contributed by atoms with van der Waals surface area (Å²) in [6.07, 6.45) is 1.68. The van der Waals surface area contributed by atoms with Crippen LogP contribution in [-0.2, 0) is 11.2 Å². The molecular weight excluding hydrogens is 350 g/mol. The number of para-hydroxylation sites is 1. The fourth-order valence-corrected chi connectivity index (χ4v) is 3.12. The molecule has 2 amide bonds. The van der Waals surface area contributed by atoms with Gasteiger partial charge in [0.15, 0.2) is 0 Å². The van der Waals surface area contributed by atoms with E-state index in [0.29, 0.717) is 32.4 Å². The third-order valence-electron chi connectivity index (χ3n) is 4.64.